The van der Waals surface area contributed by atoms with Gasteiger partial charge in [0.15, 0.2) is 0 Å². The quantitative estimate of drug-likeness (QED) is 0.732. The van der Waals surface area contributed by atoms with Crippen LogP contribution < -0.4 is 0 Å². The zero-order valence-electron chi connectivity index (χ0n) is 8.59. The summed E-state index contributed by atoms with van der Waals surface area (Å²) in [6.07, 6.45) is 0. The summed E-state index contributed by atoms with van der Waals surface area (Å²) in [5, 5.41) is 7.72. The van der Waals surface area contributed by atoms with E-state index in [9.17, 15) is 9.81 Å². The summed E-state index contributed by atoms with van der Waals surface area (Å²) in [5.74, 6) is 0. The lowest BCUT2D eigenvalue weighted by molar-refractivity contribution is 1.05. The van der Waals surface area contributed by atoms with Crippen LogP contribution in [0.1, 0.15) is 11.1 Å². The van der Waals surface area contributed by atoms with E-state index in [-0.39, 0.29) is 13.1 Å². The Morgan fingerprint density at radius 1 is 0.750 bits per heavy atom. The zero-order valence-corrected chi connectivity index (χ0v) is 8.59. The van der Waals surface area contributed by atoms with Gasteiger partial charge in [-0.15, -0.1) is 0 Å². The van der Waals surface area contributed by atoms with Gasteiger partial charge in [-0.1, -0.05) is 46.8 Å². The average molecular weight is 214 g/mol. The first-order valence-electron chi connectivity index (χ1n) is 4.94. The Hall–Kier alpha value is -2.10. The summed E-state index contributed by atoms with van der Waals surface area (Å²) >= 11 is 0. The Kier molecular flexibility index (Phi) is 3.00. The monoisotopic (exact) mass is 214 g/mol. The molecule has 16 heavy (non-hydrogen) atoms. The van der Waals surface area contributed by atoms with Crippen LogP contribution in [-0.2, 0) is 13.1 Å². The number of hydrogen-bond donors (Lipinski definition) is 0. The molecule has 0 atom stereocenters. The van der Waals surface area contributed by atoms with Crippen molar-refractivity contribution >= 4 is 10.8 Å². The highest BCUT2D eigenvalue weighted by Crippen LogP contribution is 2.24. The van der Waals surface area contributed by atoms with Crippen molar-refractivity contribution in [3.05, 3.63) is 57.3 Å². The molecule has 0 aliphatic rings. The smallest absolute Gasteiger partial charge is 0.107 e. The lowest BCUT2D eigenvalue weighted by atomic mass is 10.00. The van der Waals surface area contributed by atoms with Crippen LogP contribution in [0, 0.1) is 9.81 Å². The van der Waals surface area contributed by atoms with Crippen LogP contribution >= 0.6 is 0 Å². The van der Waals surface area contributed by atoms with Crippen LogP contribution in [0.5, 0.6) is 0 Å². The second kappa shape index (κ2) is 4.61. The normalized spacial score (nSPS) is 10.2. The van der Waals surface area contributed by atoms with Crippen molar-refractivity contribution < 1.29 is 0 Å². The summed E-state index contributed by atoms with van der Waals surface area (Å²) < 4.78 is 0. The summed E-state index contributed by atoms with van der Waals surface area (Å²) in [7, 11) is 0. The van der Waals surface area contributed by atoms with Gasteiger partial charge in [0.05, 0.1) is 0 Å². The van der Waals surface area contributed by atoms with E-state index in [0.29, 0.717) is 0 Å². The summed E-state index contributed by atoms with van der Waals surface area (Å²) in [6, 6.07) is 11.3. The first kappa shape index (κ1) is 10.4. The lowest BCUT2D eigenvalue weighted by Crippen LogP contribution is -1.89. The standard InChI is InChI=1S/C12H10N2O2/c15-13-7-9-5-6-10(8-14-16)12-4-2-1-3-11(9)12/h1-6H,7-8H2. The Labute approximate surface area is 92.2 Å². The molecule has 0 heterocycles. The second-order valence-corrected chi connectivity index (χ2v) is 3.50. The van der Waals surface area contributed by atoms with Gasteiger partial charge in [-0.3, -0.25) is 0 Å². The van der Waals surface area contributed by atoms with E-state index >= 15 is 0 Å². The van der Waals surface area contributed by atoms with Gasteiger partial charge >= 0.3 is 0 Å². The SMILES string of the molecule is O=NCc1ccc(CN=O)c2ccccc12. The Balaban J connectivity index is 2.66. The molecule has 0 radical (unpaired) electrons. The summed E-state index contributed by atoms with van der Waals surface area (Å²) in [5.41, 5.74) is 1.75. The molecule has 0 saturated carbocycles. The van der Waals surface area contributed by atoms with E-state index in [2.05, 4.69) is 10.4 Å². The molecule has 0 aromatic heterocycles. The van der Waals surface area contributed by atoms with Gasteiger partial charge in [0, 0.05) is 0 Å². The Bertz CT molecular complexity index is 489. The van der Waals surface area contributed by atoms with Crippen LogP contribution in [-0.4, -0.2) is 0 Å². The van der Waals surface area contributed by atoms with Crippen molar-refractivity contribution in [3.8, 4) is 0 Å². The van der Waals surface area contributed by atoms with E-state index in [1.54, 1.807) is 0 Å². The largest absolute Gasteiger partial charge is 0.150 e. The van der Waals surface area contributed by atoms with E-state index in [1.165, 1.54) is 0 Å². The summed E-state index contributed by atoms with van der Waals surface area (Å²) in [6.45, 7) is 0.296. The maximum Gasteiger partial charge on any atom is 0.107 e. The van der Waals surface area contributed by atoms with E-state index in [1.807, 2.05) is 36.4 Å². The average Bonchev–Trinajstić information content (AvgIpc) is 2.33. The molecule has 0 unspecified atom stereocenters. The molecule has 2 aromatic carbocycles. The third-order valence-electron chi connectivity index (χ3n) is 2.57. The van der Waals surface area contributed by atoms with Crippen molar-refractivity contribution in [2.45, 2.75) is 13.1 Å². The van der Waals surface area contributed by atoms with Gasteiger partial charge < -0.3 is 0 Å². The molecule has 0 bridgehead atoms. The van der Waals surface area contributed by atoms with E-state index in [0.717, 1.165) is 21.9 Å². The van der Waals surface area contributed by atoms with Gasteiger partial charge in [-0.2, -0.15) is 9.81 Å². The van der Waals surface area contributed by atoms with Crippen molar-refractivity contribution in [1.29, 1.82) is 0 Å². The zero-order chi connectivity index (χ0) is 11.4. The van der Waals surface area contributed by atoms with Crippen LogP contribution in [0.3, 0.4) is 0 Å². The summed E-state index contributed by atoms with van der Waals surface area (Å²) in [4.78, 5) is 20.6. The maximum atomic E-state index is 10.3. The second-order valence-electron chi connectivity index (χ2n) is 3.50. The van der Waals surface area contributed by atoms with Crippen molar-refractivity contribution in [1.82, 2.24) is 0 Å². The number of benzene rings is 2. The molecular formula is C12H10N2O2. The molecule has 0 aliphatic carbocycles. The minimum atomic E-state index is 0.148. The van der Waals surface area contributed by atoms with E-state index in [4.69, 9.17) is 0 Å². The van der Waals surface area contributed by atoms with Gasteiger partial charge in [-0.25, -0.2) is 0 Å². The fraction of sp³-hybridized carbons (Fsp3) is 0.167. The minimum absolute atomic E-state index is 0.148. The third-order valence-corrected chi connectivity index (χ3v) is 2.57. The molecule has 4 heteroatoms. The molecule has 2 aromatic rings. The van der Waals surface area contributed by atoms with Crippen LogP contribution in [0.2, 0.25) is 0 Å². The van der Waals surface area contributed by atoms with Crippen LogP contribution in [0.15, 0.2) is 46.8 Å². The fourth-order valence-corrected chi connectivity index (χ4v) is 1.84. The molecule has 0 amide bonds. The van der Waals surface area contributed by atoms with Gasteiger partial charge in [0.1, 0.15) is 13.1 Å². The third kappa shape index (κ3) is 1.82. The highest BCUT2D eigenvalue weighted by atomic mass is 16.3. The topological polar surface area (TPSA) is 58.9 Å². The van der Waals surface area contributed by atoms with Crippen LogP contribution in [0.25, 0.3) is 10.8 Å². The highest BCUT2D eigenvalue weighted by Gasteiger charge is 2.05. The van der Waals surface area contributed by atoms with Gasteiger partial charge in [0.25, 0.3) is 0 Å². The van der Waals surface area contributed by atoms with E-state index < -0.39 is 0 Å². The predicted molar refractivity (Wildman–Crippen MR) is 62.9 cm³/mol. The molecule has 0 spiro atoms. The highest BCUT2D eigenvalue weighted by molar-refractivity contribution is 5.88. The molecule has 0 aliphatic heterocycles. The van der Waals surface area contributed by atoms with Crippen molar-refractivity contribution in [2.75, 3.05) is 0 Å². The minimum Gasteiger partial charge on any atom is -0.150 e. The molecule has 0 N–H and O–H groups in total. The van der Waals surface area contributed by atoms with Crippen LogP contribution in [0.4, 0.5) is 0 Å². The molecule has 2 rings (SSSR count). The number of fused-ring (bicyclic) bond motifs is 1. The number of rotatable bonds is 4. The molecule has 0 fully saturated rings. The van der Waals surface area contributed by atoms with Gasteiger partial charge in [-0.05, 0) is 21.9 Å². The molecule has 0 saturated heterocycles. The van der Waals surface area contributed by atoms with Crippen molar-refractivity contribution in [2.24, 2.45) is 10.4 Å². The molecular weight excluding hydrogens is 204 g/mol. The molecule has 80 valence electrons. The fourth-order valence-electron chi connectivity index (χ4n) is 1.84. The lowest BCUT2D eigenvalue weighted by Gasteiger charge is -2.06. The first-order chi connectivity index (χ1) is 7.86. The maximum absolute atomic E-state index is 10.3. The Morgan fingerprint density at radius 3 is 1.56 bits per heavy atom. The number of nitrogens with zero attached hydrogens (tertiary/aromatic N) is 2. The predicted octanol–water partition coefficient (Wildman–Crippen LogP) is 3.37. The first-order valence-corrected chi connectivity index (χ1v) is 4.94. The number of nitroso groups, excluding NO2 is 2. The number of hydrogen-bond acceptors (Lipinski definition) is 4. The van der Waals surface area contributed by atoms with Gasteiger partial charge in [0.2, 0.25) is 0 Å². The molecule has 4 nitrogen and oxygen atoms in total. The Morgan fingerprint density at radius 2 is 1.19 bits per heavy atom. The van der Waals surface area contributed by atoms with Crippen molar-refractivity contribution in [3.63, 3.8) is 0 Å².